The van der Waals surface area contributed by atoms with Gasteiger partial charge in [0.15, 0.2) is 0 Å². The first-order valence-corrected chi connectivity index (χ1v) is 9.76. The molecule has 1 aliphatic carbocycles. The Labute approximate surface area is 141 Å². The van der Waals surface area contributed by atoms with Crippen LogP contribution in [-0.4, -0.2) is 19.9 Å². The van der Waals surface area contributed by atoms with Gasteiger partial charge in [-0.25, -0.2) is 8.42 Å². The molecule has 0 aromatic heterocycles. The summed E-state index contributed by atoms with van der Waals surface area (Å²) < 4.78 is 23.4. The standard InChI is InChI=1S/C13H14BrCl2NO3S/c1-13(2,7-3-4-7)17-12(18)9-5-8(14)6-10(11(9)15)21(16,19)20/h5-7H,3-4H2,1-2H3,(H,17,18). The lowest BCUT2D eigenvalue weighted by atomic mass is 9.98. The second-order valence-corrected chi connectivity index (χ2v) is 9.48. The van der Waals surface area contributed by atoms with E-state index in [2.05, 4.69) is 21.2 Å². The van der Waals surface area contributed by atoms with E-state index in [0.29, 0.717) is 10.4 Å². The van der Waals surface area contributed by atoms with Crippen LogP contribution < -0.4 is 5.32 Å². The van der Waals surface area contributed by atoms with Gasteiger partial charge in [0, 0.05) is 20.7 Å². The van der Waals surface area contributed by atoms with Crippen molar-refractivity contribution in [2.24, 2.45) is 5.92 Å². The number of halogens is 3. The molecular formula is C13H14BrCl2NO3S. The molecule has 4 nitrogen and oxygen atoms in total. The maximum absolute atomic E-state index is 12.4. The molecule has 0 heterocycles. The summed E-state index contributed by atoms with van der Waals surface area (Å²) in [5.74, 6) is 0.0170. The zero-order valence-electron chi connectivity index (χ0n) is 11.4. The van der Waals surface area contributed by atoms with E-state index in [9.17, 15) is 13.2 Å². The maximum atomic E-state index is 12.4. The molecule has 1 fully saturated rings. The van der Waals surface area contributed by atoms with Crippen LogP contribution in [0.15, 0.2) is 21.5 Å². The molecule has 116 valence electrons. The van der Waals surface area contributed by atoms with Crippen LogP contribution in [0.5, 0.6) is 0 Å². The Kier molecular flexibility index (Phi) is 4.65. The molecule has 0 spiro atoms. The van der Waals surface area contributed by atoms with Crippen molar-refractivity contribution >= 4 is 53.2 Å². The lowest BCUT2D eigenvalue weighted by Gasteiger charge is -2.26. The van der Waals surface area contributed by atoms with Crippen molar-refractivity contribution in [1.82, 2.24) is 5.32 Å². The zero-order valence-corrected chi connectivity index (χ0v) is 15.3. The summed E-state index contributed by atoms with van der Waals surface area (Å²) >= 11 is 9.21. The minimum Gasteiger partial charge on any atom is -0.347 e. The SMILES string of the molecule is CC(C)(NC(=O)c1cc(Br)cc(S(=O)(=O)Cl)c1Cl)C1CC1. The molecule has 1 aliphatic rings. The molecule has 0 saturated heterocycles. The van der Waals surface area contributed by atoms with Crippen LogP contribution in [0.3, 0.4) is 0 Å². The van der Waals surface area contributed by atoms with Crippen LogP contribution in [0, 0.1) is 5.92 Å². The quantitative estimate of drug-likeness (QED) is 0.758. The lowest BCUT2D eigenvalue weighted by Crippen LogP contribution is -2.45. The van der Waals surface area contributed by atoms with Crippen molar-refractivity contribution in [2.45, 2.75) is 37.1 Å². The minimum absolute atomic E-state index is 0.0824. The summed E-state index contributed by atoms with van der Waals surface area (Å²) in [6.45, 7) is 3.88. The monoisotopic (exact) mass is 413 g/mol. The Balaban J connectivity index is 2.39. The number of carbonyl (C=O) groups excluding carboxylic acids is 1. The molecule has 0 bridgehead atoms. The van der Waals surface area contributed by atoms with Crippen molar-refractivity contribution in [2.75, 3.05) is 0 Å². The van der Waals surface area contributed by atoms with Crippen LogP contribution >= 0.6 is 38.2 Å². The summed E-state index contributed by atoms with van der Waals surface area (Å²) in [6, 6.07) is 2.75. The van der Waals surface area contributed by atoms with Crippen molar-refractivity contribution in [3.05, 3.63) is 27.2 Å². The first kappa shape index (κ1) is 17.1. The number of hydrogen-bond donors (Lipinski definition) is 1. The fourth-order valence-corrected chi connectivity index (χ4v) is 4.36. The summed E-state index contributed by atoms with van der Waals surface area (Å²) in [7, 11) is 1.31. The molecule has 1 amide bonds. The molecule has 2 rings (SSSR count). The highest BCUT2D eigenvalue weighted by molar-refractivity contribution is 9.10. The van der Waals surface area contributed by atoms with E-state index in [4.69, 9.17) is 22.3 Å². The van der Waals surface area contributed by atoms with Crippen LogP contribution in [0.25, 0.3) is 0 Å². The van der Waals surface area contributed by atoms with Gasteiger partial charge < -0.3 is 5.32 Å². The van der Waals surface area contributed by atoms with Gasteiger partial charge in [0.05, 0.1) is 10.6 Å². The molecule has 21 heavy (non-hydrogen) atoms. The molecule has 1 N–H and O–H groups in total. The molecule has 0 aliphatic heterocycles. The van der Waals surface area contributed by atoms with Gasteiger partial charge in [-0.2, -0.15) is 0 Å². The smallest absolute Gasteiger partial charge is 0.262 e. The largest absolute Gasteiger partial charge is 0.347 e. The molecule has 0 radical (unpaired) electrons. The third-order valence-electron chi connectivity index (χ3n) is 3.54. The first-order valence-electron chi connectivity index (χ1n) is 6.28. The average Bonchev–Trinajstić information content (AvgIpc) is 3.13. The number of amides is 1. The van der Waals surface area contributed by atoms with Gasteiger partial charge in [0.2, 0.25) is 0 Å². The van der Waals surface area contributed by atoms with E-state index in [1.807, 2.05) is 13.8 Å². The highest BCUT2D eigenvalue weighted by Gasteiger charge is 2.39. The predicted octanol–water partition coefficient (Wildman–Crippen LogP) is 3.95. The molecule has 0 unspecified atom stereocenters. The second-order valence-electron chi connectivity index (χ2n) is 5.65. The van der Waals surface area contributed by atoms with Gasteiger partial charge in [0.1, 0.15) is 4.90 Å². The Hall–Kier alpha value is -0.300. The van der Waals surface area contributed by atoms with Gasteiger partial charge >= 0.3 is 0 Å². The van der Waals surface area contributed by atoms with E-state index in [1.54, 1.807) is 0 Å². The van der Waals surface area contributed by atoms with E-state index >= 15 is 0 Å². The summed E-state index contributed by atoms with van der Waals surface area (Å²) in [4.78, 5) is 12.1. The normalized spacial score (nSPS) is 15.9. The number of nitrogens with one attached hydrogen (secondary N) is 1. The summed E-state index contributed by atoms with van der Waals surface area (Å²) in [5, 5.41) is 2.73. The van der Waals surface area contributed by atoms with Crippen LogP contribution in [-0.2, 0) is 9.05 Å². The van der Waals surface area contributed by atoms with Gasteiger partial charge in [-0.05, 0) is 44.7 Å². The first-order chi connectivity index (χ1) is 9.52. The zero-order chi connectivity index (χ0) is 16.0. The molecule has 8 heteroatoms. The fourth-order valence-electron chi connectivity index (χ4n) is 2.17. The van der Waals surface area contributed by atoms with Crippen LogP contribution in [0.1, 0.15) is 37.0 Å². The van der Waals surface area contributed by atoms with E-state index in [1.165, 1.54) is 12.1 Å². The topological polar surface area (TPSA) is 63.2 Å². The molecule has 1 aromatic rings. The second kappa shape index (κ2) is 5.72. The van der Waals surface area contributed by atoms with E-state index < -0.39 is 15.0 Å². The predicted molar refractivity (Wildman–Crippen MR) is 86.5 cm³/mol. The maximum Gasteiger partial charge on any atom is 0.262 e. The van der Waals surface area contributed by atoms with Crippen LogP contribution in [0.2, 0.25) is 5.02 Å². The third-order valence-corrected chi connectivity index (χ3v) is 5.87. The third kappa shape index (κ3) is 3.92. The molecule has 1 aromatic carbocycles. The fraction of sp³-hybridized carbons (Fsp3) is 0.462. The van der Waals surface area contributed by atoms with Gasteiger partial charge in [-0.15, -0.1) is 0 Å². The van der Waals surface area contributed by atoms with Gasteiger partial charge in [-0.3, -0.25) is 4.79 Å². The molecular weight excluding hydrogens is 401 g/mol. The average molecular weight is 415 g/mol. The molecule has 1 saturated carbocycles. The number of carbonyl (C=O) groups is 1. The summed E-state index contributed by atoms with van der Waals surface area (Å²) in [5.41, 5.74) is -0.276. The minimum atomic E-state index is -4.03. The lowest BCUT2D eigenvalue weighted by molar-refractivity contribution is 0.0903. The van der Waals surface area contributed by atoms with Gasteiger partial charge in [0.25, 0.3) is 15.0 Å². The number of benzene rings is 1. The van der Waals surface area contributed by atoms with Crippen molar-refractivity contribution < 1.29 is 13.2 Å². The molecule has 0 atom stereocenters. The Morgan fingerprint density at radius 3 is 2.43 bits per heavy atom. The number of rotatable bonds is 4. The van der Waals surface area contributed by atoms with E-state index in [-0.39, 0.29) is 21.0 Å². The highest BCUT2D eigenvalue weighted by atomic mass is 79.9. The summed E-state index contributed by atoms with van der Waals surface area (Å²) in [6.07, 6.45) is 2.14. The van der Waals surface area contributed by atoms with Crippen molar-refractivity contribution in [3.63, 3.8) is 0 Å². The van der Waals surface area contributed by atoms with Crippen molar-refractivity contribution in [3.8, 4) is 0 Å². The van der Waals surface area contributed by atoms with Gasteiger partial charge in [-0.1, -0.05) is 27.5 Å². The number of hydrogen-bond acceptors (Lipinski definition) is 3. The van der Waals surface area contributed by atoms with Crippen molar-refractivity contribution in [1.29, 1.82) is 0 Å². The Morgan fingerprint density at radius 1 is 1.38 bits per heavy atom. The Bertz CT molecular complexity index is 700. The Morgan fingerprint density at radius 2 is 1.95 bits per heavy atom. The highest BCUT2D eigenvalue weighted by Crippen LogP contribution is 2.39. The van der Waals surface area contributed by atoms with E-state index in [0.717, 1.165) is 12.8 Å². The van der Waals surface area contributed by atoms with Crippen LogP contribution in [0.4, 0.5) is 0 Å².